The summed E-state index contributed by atoms with van der Waals surface area (Å²) < 4.78 is 0. The maximum Gasteiger partial charge on any atom is -0.0401 e. The smallest absolute Gasteiger partial charge is 0.0401 e. The molecule has 0 aliphatic carbocycles. The van der Waals surface area contributed by atoms with Crippen LogP contribution in [0.2, 0.25) is 0 Å². The van der Waals surface area contributed by atoms with Gasteiger partial charge in [-0.15, -0.1) is 0 Å². The zero-order valence-electron chi connectivity index (χ0n) is 12.2. The van der Waals surface area contributed by atoms with E-state index in [1.165, 1.54) is 11.1 Å². The number of allylic oxidation sites excluding steroid dienone is 4. The third-order valence-electron chi connectivity index (χ3n) is 0.972. The number of hydrogen-bond acceptors (Lipinski definition) is 0. The van der Waals surface area contributed by atoms with E-state index in [1.54, 1.807) is 0 Å². The van der Waals surface area contributed by atoms with Gasteiger partial charge in [0.25, 0.3) is 0 Å². The van der Waals surface area contributed by atoms with Gasteiger partial charge in [0, 0.05) is 0 Å². The van der Waals surface area contributed by atoms with Crippen molar-refractivity contribution in [3.8, 4) is 0 Å². The van der Waals surface area contributed by atoms with Gasteiger partial charge in [-0.05, 0) is 27.7 Å². The zero-order chi connectivity index (χ0) is 12.6. The topological polar surface area (TPSA) is 0 Å². The molecule has 0 atom stereocenters. The van der Waals surface area contributed by atoms with Crippen LogP contribution in [0, 0.1) is 0 Å². The van der Waals surface area contributed by atoms with Gasteiger partial charge < -0.3 is 0 Å². The van der Waals surface area contributed by atoms with Crippen LogP contribution in [0.4, 0.5) is 0 Å². The Balaban J connectivity index is -0.0000000708. The first-order valence-electron chi connectivity index (χ1n) is 5.94. The molecule has 0 fully saturated rings. The van der Waals surface area contributed by atoms with Crippen molar-refractivity contribution in [1.82, 2.24) is 0 Å². The van der Waals surface area contributed by atoms with Gasteiger partial charge in [-0.2, -0.15) is 0 Å². The van der Waals surface area contributed by atoms with Gasteiger partial charge >= 0.3 is 0 Å². The van der Waals surface area contributed by atoms with E-state index in [4.69, 9.17) is 0 Å². The van der Waals surface area contributed by atoms with E-state index >= 15 is 0 Å². The van der Waals surface area contributed by atoms with Crippen molar-refractivity contribution < 1.29 is 0 Å². The summed E-state index contributed by atoms with van der Waals surface area (Å²) >= 11 is 0. The Morgan fingerprint density at radius 1 is 0.714 bits per heavy atom. The predicted molar refractivity (Wildman–Crippen MR) is 72.9 cm³/mol. The average molecular weight is 200 g/mol. The van der Waals surface area contributed by atoms with Gasteiger partial charge in [0.15, 0.2) is 0 Å². The molecule has 0 heteroatoms. The van der Waals surface area contributed by atoms with Crippen molar-refractivity contribution in [1.29, 1.82) is 0 Å². The lowest BCUT2D eigenvalue weighted by molar-refractivity contribution is 1.34. The van der Waals surface area contributed by atoms with Crippen molar-refractivity contribution in [2.24, 2.45) is 0 Å². The molecule has 0 aromatic carbocycles. The van der Waals surface area contributed by atoms with E-state index in [9.17, 15) is 0 Å². The molecular formula is C14H32. The van der Waals surface area contributed by atoms with Crippen molar-refractivity contribution in [3.63, 3.8) is 0 Å². The first-order valence-corrected chi connectivity index (χ1v) is 5.94. The first-order chi connectivity index (χ1) is 6.66. The molecule has 0 unspecified atom stereocenters. The zero-order valence-corrected chi connectivity index (χ0v) is 12.2. The number of hydrogen-bond donors (Lipinski definition) is 0. The van der Waals surface area contributed by atoms with Gasteiger partial charge in [-0.1, -0.05) is 64.8 Å². The summed E-state index contributed by atoms with van der Waals surface area (Å²) in [5.74, 6) is 0. The summed E-state index contributed by atoms with van der Waals surface area (Å²) in [6, 6.07) is 0. The Morgan fingerprint density at radius 3 is 1.07 bits per heavy atom. The normalized spacial score (nSPS) is 7.71. The Kier molecular flexibility index (Phi) is 49.1. The average Bonchev–Trinajstić information content (AvgIpc) is 2.25. The largest absolute Gasteiger partial charge is 0.0847 e. The molecule has 0 saturated heterocycles. The van der Waals surface area contributed by atoms with Gasteiger partial charge in [0.05, 0.1) is 0 Å². The highest BCUT2D eigenvalue weighted by Gasteiger charge is 1.77. The van der Waals surface area contributed by atoms with Crippen LogP contribution < -0.4 is 0 Å². The maximum absolute atomic E-state index is 2.17. The summed E-state index contributed by atoms with van der Waals surface area (Å²) in [5, 5.41) is 0. The second kappa shape index (κ2) is 29.4. The van der Waals surface area contributed by atoms with E-state index in [2.05, 4.69) is 39.8 Å². The summed E-state index contributed by atoms with van der Waals surface area (Å²) in [5.41, 5.74) is 2.70. The van der Waals surface area contributed by atoms with E-state index in [-0.39, 0.29) is 0 Å². The third kappa shape index (κ3) is 42.0. The van der Waals surface area contributed by atoms with Crippen LogP contribution >= 0.6 is 0 Å². The molecule has 0 aliphatic rings. The van der Waals surface area contributed by atoms with E-state index < -0.39 is 0 Å². The van der Waals surface area contributed by atoms with Crippen LogP contribution in [0.1, 0.15) is 69.2 Å². The minimum Gasteiger partial charge on any atom is -0.0847 e. The lowest BCUT2D eigenvalue weighted by atomic mass is 10.2. The van der Waals surface area contributed by atoms with Crippen LogP contribution in [-0.4, -0.2) is 0 Å². The molecule has 0 heterocycles. The number of rotatable bonds is 1. The van der Waals surface area contributed by atoms with Gasteiger partial charge in [0.1, 0.15) is 0 Å². The summed E-state index contributed by atoms with van der Waals surface area (Å²) in [6.07, 6.45) is 4.27. The SMILES string of the molecule is C/C=C(/C)C=C(C)C.CC.CC.CC. The molecule has 88 valence electrons. The Morgan fingerprint density at radius 2 is 1.00 bits per heavy atom. The minimum atomic E-state index is 1.34. The summed E-state index contributed by atoms with van der Waals surface area (Å²) in [4.78, 5) is 0. The highest BCUT2D eigenvalue weighted by atomic mass is 13.8. The lowest BCUT2D eigenvalue weighted by Gasteiger charge is -1.88. The van der Waals surface area contributed by atoms with E-state index in [1.807, 2.05) is 41.5 Å². The molecule has 0 aromatic heterocycles. The second-order valence-electron chi connectivity index (χ2n) is 2.25. The maximum atomic E-state index is 2.17. The van der Waals surface area contributed by atoms with Gasteiger partial charge in [-0.3, -0.25) is 0 Å². The van der Waals surface area contributed by atoms with Crippen LogP contribution in [-0.2, 0) is 0 Å². The van der Waals surface area contributed by atoms with Crippen LogP contribution in [0.25, 0.3) is 0 Å². The molecule has 0 amide bonds. The molecule has 0 spiro atoms. The fourth-order valence-electron chi connectivity index (χ4n) is 0.539. The first kappa shape index (κ1) is 23.4. The molecule has 0 bridgehead atoms. The summed E-state index contributed by atoms with van der Waals surface area (Å²) in [6.45, 7) is 20.4. The van der Waals surface area contributed by atoms with Crippen molar-refractivity contribution in [2.45, 2.75) is 69.2 Å². The van der Waals surface area contributed by atoms with Crippen molar-refractivity contribution in [2.75, 3.05) is 0 Å². The Bertz CT molecular complexity index is 112. The van der Waals surface area contributed by atoms with E-state index in [0.29, 0.717) is 0 Å². The minimum absolute atomic E-state index is 1.34. The molecule has 0 aliphatic heterocycles. The van der Waals surface area contributed by atoms with Crippen LogP contribution in [0.3, 0.4) is 0 Å². The standard InChI is InChI=1S/C8H14.3C2H6/c1-5-8(4)6-7(2)3;3*1-2/h5-6H,1-4H3;3*1-2H3/b8-5-;;;. The quantitative estimate of drug-likeness (QED) is 0.455. The monoisotopic (exact) mass is 200 g/mol. The lowest BCUT2D eigenvalue weighted by Crippen LogP contribution is -1.67. The van der Waals surface area contributed by atoms with Crippen LogP contribution in [0.15, 0.2) is 23.3 Å². The van der Waals surface area contributed by atoms with Crippen LogP contribution in [0.5, 0.6) is 0 Å². The molecule has 0 radical (unpaired) electrons. The fraction of sp³-hybridized carbons (Fsp3) is 0.714. The Labute approximate surface area is 93.1 Å². The molecular weight excluding hydrogens is 168 g/mol. The van der Waals surface area contributed by atoms with Gasteiger partial charge in [-0.25, -0.2) is 0 Å². The molecule has 0 N–H and O–H groups in total. The molecule has 0 aromatic rings. The predicted octanol–water partition coefficient (Wildman–Crippen LogP) is 6.00. The van der Waals surface area contributed by atoms with Crippen molar-refractivity contribution in [3.05, 3.63) is 23.3 Å². The molecule has 0 saturated carbocycles. The third-order valence-corrected chi connectivity index (χ3v) is 0.972. The molecule has 0 nitrogen and oxygen atoms in total. The highest BCUT2D eigenvalue weighted by Crippen LogP contribution is 1.98. The molecule has 0 rings (SSSR count). The van der Waals surface area contributed by atoms with Gasteiger partial charge in [0.2, 0.25) is 0 Å². The van der Waals surface area contributed by atoms with Crippen molar-refractivity contribution >= 4 is 0 Å². The highest BCUT2D eigenvalue weighted by molar-refractivity contribution is 5.18. The van der Waals surface area contributed by atoms with E-state index in [0.717, 1.165) is 0 Å². The Hall–Kier alpha value is -0.520. The fourth-order valence-corrected chi connectivity index (χ4v) is 0.539. The second-order valence-corrected chi connectivity index (χ2v) is 2.25. The molecule has 14 heavy (non-hydrogen) atoms. The summed E-state index contributed by atoms with van der Waals surface area (Å²) in [7, 11) is 0.